The van der Waals surface area contributed by atoms with Gasteiger partial charge in [-0.15, -0.1) is 0 Å². The van der Waals surface area contributed by atoms with Crippen molar-refractivity contribution in [3.05, 3.63) is 252 Å². The zero-order chi connectivity index (χ0) is 44.4. The molecule has 2 heteroatoms. The van der Waals surface area contributed by atoms with Crippen molar-refractivity contribution < 1.29 is 6.85 Å². The Labute approximate surface area is 359 Å². The van der Waals surface area contributed by atoms with Crippen molar-refractivity contribution in [2.75, 3.05) is 9.80 Å². The normalized spacial score (nSPS) is 16.9. The van der Waals surface area contributed by atoms with Crippen LogP contribution in [0, 0.1) is 0 Å². The predicted octanol–water partition coefficient (Wildman–Crippen LogP) is 15.3. The summed E-state index contributed by atoms with van der Waals surface area (Å²) in [5.74, 6) is 0. The Morgan fingerprint density at radius 2 is 0.683 bits per heavy atom. The number of rotatable bonds is 6. The molecule has 284 valence electrons. The minimum Gasteiger partial charge on any atom is -0.310 e. The number of benzene rings is 9. The van der Waals surface area contributed by atoms with Crippen LogP contribution in [0.4, 0.5) is 34.1 Å². The molecule has 1 atom stereocenters. The number of hydrogen-bond acceptors (Lipinski definition) is 2. The number of hydrogen-bond donors (Lipinski definition) is 0. The molecule has 9 aromatic rings. The Hall–Kier alpha value is -7.42. The highest BCUT2D eigenvalue weighted by Gasteiger charge is 2.52. The van der Waals surface area contributed by atoms with Crippen LogP contribution < -0.4 is 9.80 Å². The molecule has 3 aliphatic carbocycles. The van der Waals surface area contributed by atoms with Crippen LogP contribution in [0.5, 0.6) is 0 Å². The minimum atomic E-state index is -0.754. The van der Waals surface area contributed by atoms with Gasteiger partial charge in [0.2, 0.25) is 0 Å². The molecule has 0 aromatic heterocycles. The van der Waals surface area contributed by atoms with E-state index in [1.54, 1.807) is 0 Å². The molecule has 12 rings (SSSR count). The van der Waals surface area contributed by atoms with Crippen LogP contribution in [0.25, 0.3) is 33.4 Å². The topological polar surface area (TPSA) is 6.48 Å². The molecule has 60 heavy (non-hydrogen) atoms. The SMILES string of the molecule is [2H]c1c([2H])c([2H])c(N(c2ccccc2)c2ccc3c(c2)C2(c4ccccc4-c4ccc(N(c5ccccc5)c5ccc6c(c5)C(C)(C)c5ccccc5-6)cc42)c2ccccc2-3)c([2H])c1[2H]. The van der Waals surface area contributed by atoms with Gasteiger partial charge < -0.3 is 9.80 Å². The van der Waals surface area contributed by atoms with Crippen molar-refractivity contribution in [3.63, 3.8) is 0 Å². The lowest BCUT2D eigenvalue weighted by atomic mass is 9.70. The Bertz CT molecular complexity index is 3400. The van der Waals surface area contributed by atoms with E-state index in [9.17, 15) is 0 Å². The van der Waals surface area contributed by atoms with Gasteiger partial charge >= 0.3 is 0 Å². The zero-order valence-corrected chi connectivity index (χ0v) is 33.3. The maximum Gasteiger partial charge on any atom is 0.0727 e. The molecule has 2 nitrogen and oxygen atoms in total. The molecule has 0 bridgehead atoms. The smallest absolute Gasteiger partial charge is 0.0727 e. The Morgan fingerprint density at radius 1 is 0.317 bits per heavy atom. The fraction of sp³-hybridized carbons (Fsp3) is 0.0690. The van der Waals surface area contributed by atoms with Gasteiger partial charge in [0.05, 0.1) is 12.3 Å². The number of para-hydroxylation sites is 3. The second-order valence-electron chi connectivity index (χ2n) is 16.5. The van der Waals surface area contributed by atoms with Crippen molar-refractivity contribution >= 4 is 34.1 Å². The average Bonchev–Trinajstić information content (AvgIpc) is 3.90. The third-order valence-corrected chi connectivity index (χ3v) is 13.1. The maximum absolute atomic E-state index is 9.16. The maximum atomic E-state index is 9.16. The molecule has 3 aliphatic rings. The summed E-state index contributed by atoms with van der Waals surface area (Å²) in [5, 5.41) is 0. The molecule has 0 saturated heterocycles. The van der Waals surface area contributed by atoms with E-state index in [-0.39, 0.29) is 35.3 Å². The van der Waals surface area contributed by atoms with E-state index in [1.165, 1.54) is 33.4 Å². The summed E-state index contributed by atoms with van der Waals surface area (Å²) in [4.78, 5) is 4.20. The summed E-state index contributed by atoms with van der Waals surface area (Å²) in [5.41, 5.74) is 18.0. The molecule has 0 saturated carbocycles. The lowest BCUT2D eigenvalue weighted by Crippen LogP contribution is -2.26. The van der Waals surface area contributed by atoms with E-state index < -0.39 is 11.5 Å². The minimum absolute atomic E-state index is 0.0975. The van der Waals surface area contributed by atoms with Crippen molar-refractivity contribution in [1.29, 1.82) is 0 Å². The molecular weight excluding hydrogens is 725 g/mol. The molecule has 0 aliphatic heterocycles. The number of nitrogens with zero attached hydrogens (tertiary/aromatic N) is 2. The van der Waals surface area contributed by atoms with Gasteiger partial charge in [-0.05, 0) is 140 Å². The highest BCUT2D eigenvalue weighted by molar-refractivity contribution is 5.98. The third-order valence-electron chi connectivity index (χ3n) is 13.1. The van der Waals surface area contributed by atoms with Gasteiger partial charge in [0.15, 0.2) is 0 Å². The van der Waals surface area contributed by atoms with E-state index in [2.05, 4.69) is 170 Å². The first kappa shape index (κ1) is 29.7. The first-order valence-corrected chi connectivity index (χ1v) is 20.6. The van der Waals surface area contributed by atoms with Crippen LogP contribution >= 0.6 is 0 Å². The summed E-state index contributed by atoms with van der Waals surface area (Å²) < 4.78 is 44.1. The van der Waals surface area contributed by atoms with Crippen LogP contribution in [0.2, 0.25) is 0 Å². The Balaban J connectivity index is 1.11. The van der Waals surface area contributed by atoms with Gasteiger partial charge in [0, 0.05) is 39.5 Å². The van der Waals surface area contributed by atoms with E-state index in [0.29, 0.717) is 11.4 Å². The van der Waals surface area contributed by atoms with Gasteiger partial charge in [-0.2, -0.15) is 0 Å². The second kappa shape index (κ2) is 13.0. The fourth-order valence-corrected chi connectivity index (χ4v) is 10.6. The first-order chi connectivity index (χ1) is 31.6. The first-order valence-electron chi connectivity index (χ1n) is 23.1. The van der Waals surface area contributed by atoms with Gasteiger partial charge in [0.1, 0.15) is 0 Å². The summed E-state index contributed by atoms with van der Waals surface area (Å²) >= 11 is 0. The summed E-state index contributed by atoms with van der Waals surface area (Å²) in [6.07, 6.45) is 0. The largest absolute Gasteiger partial charge is 0.310 e. The van der Waals surface area contributed by atoms with Gasteiger partial charge in [-0.25, -0.2) is 0 Å². The standard InChI is InChI=1S/C58H42N2/c1-57(2)51-27-15-12-24-45(51)48-33-30-42(36-54(48)57)60(41-22-10-5-11-23-41)44-32-35-50-47-26-14-17-29-53(47)58(56(50)38-44)52-28-16-13-25-46(52)49-34-31-43(37-55(49)58)59(39-18-6-3-7-19-39)40-20-8-4-9-21-40/h3-38H,1-2H3/i3D,6D,7D,18D,19D. The van der Waals surface area contributed by atoms with E-state index in [4.69, 9.17) is 6.85 Å². The van der Waals surface area contributed by atoms with Gasteiger partial charge in [-0.3, -0.25) is 0 Å². The second-order valence-corrected chi connectivity index (χ2v) is 16.5. The van der Waals surface area contributed by atoms with Crippen molar-refractivity contribution in [3.8, 4) is 33.4 Å². The van der Waals surface area contributed by atoms with Crippen LogP contribution in [-0.4, -0.2) is 0 Å². The van der Waals surface area contributed by atoms with Crippen molar-refractivity contribution in [2.45, 2.75) is 24.7 Å². The molecule has 0 amide bonds. The van der Waals surface area contributed by atoms with Gasteiger partial charge in [0.25, 0.3) is 0 Å². The van der Waals surface area contributed by atoms with E-state index in [0.717, 1.165) is 50.4 Å². The van der Waals surface area contributed by atoms with Crippen LogP contribution in [0.1, 0.15) is 54.1 Å². The zero-order valence-electron chi connectivity index (χ0n) is 38.3. The summed E-state index contributed by atoms with van der Waals surface area (Å²) in [6.45, 7) is 4.65. The average molecular weight is 772 g/mol. The molecule has 9 aromatic carbocycles. The van der Waals surface area contributed by atoms with E-state index in [1.807, 2.05) is 41.3 Å². The van der Waals surface area contributed by atoms with Crippen LogP contribution in [0.15, 0.2) is 218 Å². The quantitative estimate of drug-likeness (QED) is 0.166. The van der Waals surface area contributed by atoms with Crippen molar-refractivity contribution in [1.82, 2.24) is 0 Å². The van der Waals surface area contributed by atoms with Crippen LogP contribution in [0.3, 0.4) is 0 Å². The Morgan fingerprint density at radius 3 is 1.18 bits per heavy atom. The monoisotopic (exact) mass is 771 g/mol. The highest BCUT2D eigenvalue weighted by Crippen LogP contribution is 2.64. The fourth-order valence-electron chi connectivity index (χ4n) is 10.6. The van der Waals surface area contributed by atoms with Crippen LogP contribution in [-0.2, 0) is 10.8 Å². The molecular formula is C58H42N2. The highest BCUT2D eigenvalue weighted by atomic mass is 15.1. The summed E-state index contributed by atoms with van der Waals surface area (Å²) in [6, 6.07) is 64.9. The molecule has 1 unspecified atom stereocenters. The number of anilines is 6. The molecule has 0 radical (unpaired) electrons. The number of fused-ring (bicyclic) bond motifs is 13. The lowest BCUT2D eigenvalue weighted by Gasteiger charge is -2.33. The lowest BCUT2D eigenvalue weighted by molar-refractivity contribution is 0.660. The third kappa shape index (κ3) is 4.82. The summed E-state index contributed by atoms with van der Waals surface area (Å²) in [7, 11) is 0. The molecule has 0 heterocycles. The van der Waals surface area contributed by atoms with Crippen molar-refractivity contribution in [2.24, 2.45) is 0 Å². The molecule has 0 fully saturated rings. The van der Waals surface area contributed by atoms with E-state index >= 15 is 0 Å². The molecule has 0 N–H and O–H groups in total. The predicted molar refractivity (Wildman–Crippen MR) is 250 cm³/mol. The van der Waals surface area contributed by atoms with Gasteiger partial charge in [-0.1, -0.05) is 159 Å². The Kier molecular flexibility index (Phi) is 6.47. The molecule has 1 spiro atoms.